The Labute approximate surface area is 135 Å². The molecular formula is C18H20N4O. The van der Waals surface area contributed by atoms with Crippen LogP contribution in [-0.2, 0) is 6.42 Å². The van der Waals surface area contributed by atoms with Crippen molar-refractivity contribution in [2.24, 2.45) is 0 Å². The van der Waals surface area contributed by atoms with Gasteiger partial charge in [-0.05, 0) is 20.3 Å². The lowest BCUT2D eigenvalue weighted by Crippen LogP contribution is -2.31. The second kappa shape index (κ2) is 6.20. The molecule has 1 N–H and O–H groups in total. The van der Waals surface area contributed by atoms with Gasteiger partial charge >= 0.3 is 0 Å². The molecule has 2 aromatic heterocycles. The fraction of sp³-hybridized carbons (Fsp3) is 0.278. The Hall–Kier alpha value is -2.69. The van der Waals surface area contributed by atoms with Crippen LogP contribution in [0.5, 0.6) is 0 Å². The molecule has 2 heterocycles. The number of hydrogen-bond acceptors (Lipinski definition) is 3. The van der Waals surface area contributed by atoms with Crippen molar-refractivity contribution in [2.45, 2.75) is 33.2 Å². The number of nitrogens with one attached hydrogen (secondary N) is 1. The SMILES string of the molecule is CCc1c(C(=O)NC(C)C)cnc2cc(-c3ccccc3)nn12. The standard InChI is InChI=1S/C18H20N4O/c1-4-16-14(18(23)20-12(2)3)11-19-17-10-15(21-22(16)17)13-8-6-5-7-9-13/h5-12H,4H2,1-3H3,(H,20,23). The van der Waals surface area contributed by atoms with Gasteiger partial charge in [0.25, 0.3) is 5.91 Å². The summed E-state index contributed by atoms with van der Waals surface area (Å²) in [4.78, 5) is 16.8. The zero-order valence-corrected chi connectivity index (χ0v) is 13.6. The molecule has 1 amide bonds. The highest BCUT2D eigenvalue weighted by Crippen LogP contribution is 2.20. The summed E-state index contributed by atoms with van der Waals surface area (Å²) in [5.41, 5.74) is 4.09. The largest absolute Gasteiger partial charge is 0.350 e. The normalized spacial score (nSPS) is 11.1. The maximum atomic E-state index is 12.4. The molecule has 0 aliphatic heterocycles. The number of nitrogens with zero attached hydrogens (tertiary/aromatic N) is 3. The molecule has 0 aliphatic carbocycles. The van der Waals surface area contributed by atoms with Crippen molar-refractivity contribution in [1.82, 2.24) is 19.9 Å². The van der Waals surface area contributed by atoms with Crippen LogP contribution >= 0.6 is 0 Å². The maximum Gasteiger partial charge on any atom is 0.254 e. The molecule has 3 aromatic rings. The summed E-state index contributed by atoms with van der Waals surface area (Å²) in [7, 11) is 0. The van der Waals surface area contributed by atoms with Gasteiger partial charge in [0.2, 0.25) is 0 Å². The number of rotatable bonds is 4. The van der Waals surface area contributed by atoms with Crippen LogP contribution in [0, 0.1) is 0 Å². The van der Waals surface area contributed by atoms with Gasteiger partial charge in [0.15, 0.2) is 5.65 Å². The third kappa shape index (κ3) is 2.95. The molecular weight excluding hydrogens is 288 g/mol. The smallest absolute Gasteiger partial charge is 0.254 e. The van der Waals surface area contributed by atoms with E-state index in [4.69, 9.17) is 0 Å². The van der Waals surface area contributed by atoms with E-state index < -0.39 is 0 Å². The minimum atomic E-state index is -0.108. The molecule has 0 aliphatic rings. The molecule has 0 bridgehead atoms. The first-order chi connectivity index (χ1) is 11.1. The van der Waals surface area contributed by atoms with Crippen molar-refractivity contribution >= 4 is 11.6 Å². The third-order valence-electron chi connectivity index (χ3n) is 3.65. The van der Waals surface area contributed by atoms with Crippen LogP contribution in [-0.4, -0.2) is 26.5 Å². The summed E-state index contributed by atoms with van der Waals surface area (Å²) in [6.07, 6.45) is 2.35. The van der Waals surface area contributed by atoms with Crippen molar-refractivity contribution in [3.63, 3.8) is 0 Å². The zero-order valence-electron chi connectivity index (χ0n) is 13.6. The van der Waals surface area contributed by atoms with E-state index in [-0.39, 0.29) is 11.9 Å². The van der Waals surface area contributed by atoms with E-state index in [1.807, 2.05) is 57.2 Å². The molecule has 0 radical (unpaired) electrons. The van der Waals surface area contributed by atoms with Crippen molar-refractivity contribution < 1.29 is 4.79 Å². The summed E-state index contributed by atoms with van der Waals surface area (Å²) in [6.45, 7) is 5.90. The molecule has 0 unspecified atom stereocenters. The average molecular weight is 308 g/mol. The van der Waals surface area contributed by atoms with Crippen molar-refractivity contribution in [3.8, 4) is 11.3 Å². The molecule has 118 valence electrons. The van der Waals surface area contributed by atoms with Crippen LogP contribution in [0.2, 0.25) is 0 Å². The van der Waals surface area contributed by atoms with Gasteiger partial charge in [-0.3, -0.25) is 4.79 Å². The summed E-state index contributed by atoms with van der Waals surface area (Å²) < 4.78 is 1.78. The Morgan fingerprint density at radius 1 is 1.26 bits per heavy atom. The quantitative estimate of drug-likeness (QED) is 0.805. The highest BCUT2D eigenvalue weighted by atomic mass is 16.1. The predicted molar refractivity (Wildman–Crippen MR) is 90.4 cm³/mol. The molecule has 3 rings (SSSR count). The number of amides is 1. The van der Waals surface area contributed by atoms with Crippen LogP contribution < -0.4 is 5.32 Å². The zero-order chi connectivity index (χ0) is 16.4. The lowest BCUT2D eigenvalue weighted by molar-refractivity contribution is 0.0941. The van der Waals surface area contributed by atoms with Crippen LogP contribution in [0.1, 0.15) is 36.8 Å². The minimum absolute atomic E-state index is 0.0837. The molecule has 5 nitrogen and oxygen atoms in total. The highest BCUT2D eigenvalue weighted by molar-refractivity contribution is 5.95. The summed E-state index contributed by atoms with van der Waals surface area (Å²) in [5, 5.41) is 7.57. The van der Waals surface area contributed by atoms with Crippen LogP contribution in [0.15, 0.2) is 42.6 Å². The minimum Gasteiger partial charge on any atom is -0.350 e. The Balaban J connectivity index is 2.11. The number of hydrogen-bond donors (Lipinski definition) is 1. The maximum absolute atomic E-state index is 12.4. The van der Waals surface area contributed by atoms with E-state index in [2.05, 4.69) is 15.4 Å². The number of aryl methyl sites for hydroxylation is 1. The highest BCUT2D eigenvalue weighted by Gasteiger charge is 2.17. The lowest BCUT2D eigenvalue weighted by Gasteiger charge is -2.12. The number of aromatic nitrogens is 3. The van der Waals surface area contributed by atoms with Gasteiger partial charge in [0.05, 0.1) is 17.0 Å². The van der Waals surface area contributed by atoms with Gasteiger partial charge in [-0.25, -0.2) is 9.50 Å². The van der Waals surface area contributed by atoms with Crippen LogP contribution in [0.3, 0.4) is 0 Å². The molecule has 23 heavy (non-hydrogen) atoms. The third-order valence-corrected chi connectivity index (χ3v) is 3.65. The van der Waals surface area contributed by atoms with E-state index in [1.165, 1.54) is 0 Å². The lowest BCUT2D eigenvalue weighted by atomic mass is 10.1. The van der Waals surface area contributed by atoms with Gasteiger partial charge in [-0.1, -0.05) is 37.3 Å². The van der Waals surface area contributed by atoms with E-state index in [9.17, 15) is 4.79 Å². The Morgan fingerprint density at radius 3 is 2.65 bits per heavy atom. The van der Waals surface area contributed by atoms with Gasteiger partial charge in [0.1, 0.15) is 0 Å². The predicted octanol–water partition coefficient (Wildman–Crippen LogP) is 3.10. The topological polar surface area (TPSA) is 59.3 Å². The van der Waals surface area contributed by atoms with Gasteiger partial charge in [-0.2, -0.15) is 5.10 Å². The van der Waals surface area contributed by atoms with Gasteiger partial charge in [-0.15, -0.1) is 0 Å². The Kier molecular flexibility index (Phi) is 4.10. The molecule has 0 atom stereocenters. The summed E-state index contributed by atoms with van der Waals surface area (Å²) >= 11 is 0. The average Bonchev–Trinajstić information content (AvgIpc) is 2.98. The number of carbonyl (C=O) groups excluding carboxylic acids is 1. The van der Waals surface area contributed by atoms with E-state index in [1.54, 1.807) is 10.7 Å². The number of benzene rings is 1. The molecule has 1 aromatic carbocycles. The van der Waals surface area contributed by atoms with Crippen molar-refractivity contribution in [2.75, 3.05) is 0 Å². The first-order valence-electron chi connectivity index (χ1n) is 7.84. The summed E-state index contributed by atoms with van der Waals surface area (Å²) in [6, 6.07) is 12.0. The molecule has 0 saturated carbocycles. The summed E-state index contributed by atoms with van der Waals surface area (Å²) in [5.74, 6) is -0.108. The first kappa shape index (κ1) is 15.2. The fourth-order valence-electron chi connectivity index (χ4n) is 2.60. The van der Waals surface area contributed by atoms with Crippen molar-refractivity contribution in [3.05, 3.63) is 53.9 Å². The molecule has 0 spiro atoms. The molecule has 5 heteroatoms. The van der Waals surface area contributed by atoms with E-state index in [0.29, 0.717) is 12.0 Å². The number of fused-ring (bicyclic) bond motifs is 1. The van der Waals surface area contributed by atoms with E-state index in [0.717, 1.165) is 22.6 Å². The fourth-order valence-corrected chi connectivity index (χ4v) is 2.60. The molecule has 0 fully saturated rings. The van der Waals surface area contributed by atoms with Gasteiger partial charge < -0.3 is 5.32 Å². The van der Waals surface area contributed by atoms with Gasteiger partial charge in [0, 0.05) is 23.9 Å². The van der Waals surface area contributed by atoms with Crippen LogP contribution in [0.25, 0.3) is 16.9 Å². The van der Waals surface area contributed by atoms with Crippen LogP contribution in [0.4, 0.5) is 0 Å². The van der Waals surface area contributed by atoms with Crippen molar-refractivity contribution in [1.29, 1.82) is 0 Å². The number of carbonyl (C=O) groups is 1. The Bertz CT molecular complexity index is 837. The monoisotopic (exact) mass is 308 g/mol. The van der Waals surface area contributed by atoms with E-state index >= 15 is 0 Å². The Morgan fingerprint density at radius 2 is 2.00 bits per heavy atom. The first-order valence-corrected chi connectivity index (χ1v) is 7.84. The second-order valence-corrected chi connectivity index (χ2v) is 5.77. The molecule has 0 saturated heterocycles. The second-order valence-electron chi connectivity index (χ2n) is 5.77.